The number of rotatable bonds is 7. The highest BCUT2D eigenvalue weighted by Crippen LogP contribution is 2.40. The topological polar surface area (TPSA) is 57.3 Å². The summed E-state index contributed by atoms with van der Waals surface area (Å²) in [6.07, 6.45) is -3.32. The molecule has 2 aromatic carbocycles. The molecule has 3 aliphatic rings. The summed E-state index contributed by atoms with van der Waals surface area (Å²) in [7, 11) is 1.63. The first kappa shape index (κ1) is 26.6. The van der Waals surface area contributed by atoms with Crippen LogP contribution in [-0.2, 0) is 22.1 Å². The average Bonchev–Trinajstić information content (AvgIpc) is 2.94. The molecular weight excluding hydrogens is 497 g/mol. The monoisotopic (exact) mass is 532 g/mol. The van der Waals surface area contributed by atoms with Gasteiger partial charge in [0.2, 0.25) is 5.91 Å². The van der Waals surface area contributed by atoms with E-state index < -0.39 is 17.7 Å². The van der Waals surface area contributed by atoms with Crippen molar-refractivity contribution in [2.24, 2.45) is 5.92 Å². The normalized spacial score (nSPS) is 22.0. The number of nitrogens with one attached hydrogen (secondary N) is 1. The molecule has 3 aliphatic heterocycles. The molecule has 0 aromatic heterocycles. The first-order chi connectivity index (χ1) is 18.3. The zero-order valence-corrected chi connectivity index (χ0v) is 21.7. The molecule has 10 heteroatoms. The molecule has 7 nitrogen and oxygen atoms in total. The van der Waals surface area contributed by atoms with Crippen molar-refractivity contribution >= 4 is 17.3 Å². The highest BCUT2D eigenvalue weighted by atomic mass is 19.4. The number of hydrogen-bond donors (Lipinski definition) is 1. The summed E-state index contributed by atoms with van der Waals surface area (Å²) in [6.45, 7) is 6.61. The van der Waals surface area contributed by atoms with Gasteiger partial charge in [0.05, 0.1) is 37.8 Å². The summed E-state index contributed by atoms with van der Waals surface area (Å²) >= 11 is 0. The lowest BCUT2D eigenvalue weighted by atomic mass is 9.82. The number of carbonyl (C=O) groups is 1. The number of amides is 1. The second-order valence-corrected chi connectivity index (χ2v) is 10.2. The van der Waals surface area contributed by atoms with Gasteiger partial charge in [-0.3, -0.25) is 9.69 Å². The quantitative estimate of drug-likeness (QED) is 0.552. The summed E-state index contributed by atoms with van der Waals surface area (Å²) in [5.74, 6) is 0.228. The van der Waals surface area contributed by atoms with Crippen LogP contribution in [0.15, 0.2) is 42.5 Å². The van der Waals surface area contributed by atoms with Gasteiger partial charge in [-0.15, -0.1) is 0 Å². The second-order valence-electron chi connectivity index (χ2n) is 10.2. The Balaban J connectivity index is 1.33. The molecule has 0 radical (unpaired) electrons. The minimum absolute atomic E-state index is 0.0957. The number of fused-ring (bicyclic) bond motifs is 3. The van der Waals surface area contributed by atoms with Crippen molar-refractivity contribution < 1.29 is 27.4 Å². The summed E-state index contributed by atoms with van der Waals surface area (Å²) < 4.78 is 51.1. The van der Waals surface area contributed by atoms with Crippen LogP contribution in [0.1, 0.15) is 17.5 Å². The Hall–Kier alpha value is -2.98. The molecule has 2 fully saturated rings. The van der Waals surface area contributed by atoms with Crippen LogP contribution in [0.3, 0.4) is 0 Å². The molecule has 38 heavy (non-hydrogen) atoms. The number of morpholine rings is 1. The number of carbonyl (C=O) groups excluding carboxylic acids is 1. The fraction of sp³-hybridized carbons (Fsp3) is 0.536. The van der Waals surface area contributed by atoms with Gasteiger partial charge in [0.1, 0.15) is 5.75 Å². The molecule has 2 atom stereocenters. The molecule has 0 saturated carbocycles. The van der Waals surface area contributed by atoms with Gasteiger partial charge < -0.3 is 24.6 Å². The molecular formula is C28H35F3N4O3. The van der Waals surface area contributed by atoms with Gasteiger partial charge in [-0.05, 0) is 67.4 Å². The number of alkyl halides is 3. The Kier molecular flexibility index (Phi) is 7.99. The number of hydrogen-bond acceptors (Lipinski definition) is 6. The fourth-order valence-corrected chi connectivity index (χ4v) is 5.80. The molecule has 0 bridgehead atoms. The van der Waals surface area contributed by atoms with Crippen LogP contribution < -0.4 is 19.9 Å². The van der Waals surface area contributed by atoms with Crippen LogP contribution in [0.4, 0.5) is 24.5 Å². The van der Waals surface area contributed by atoms with E-state index in [0.717, 1.165) is 62.5 Å². The summed E-state index contributed by atoms with van der Waals surface area (Å²) in [6, 6.07) is 11.6. The summed E-state index contributed by atoms with van der Waals surface area (Å²) in [4.78, 5) is 20.2. The van der Waals surface area contributed by atoms with E-state index >= 15 is 0 Å². The Morgan fingerprint density at radius 2 is 1.84 bits per heavy atom. The van der Waals surface area contributed by atoms with Gasteiger partial charge in [-0.2, -0.15) is 13.2 Å². The molecule has 0 spiro atoms. The number of halogens is 3. The fourth-order valence-electron chi connectivity index (χ4n) is 5.80. The number of piperazine rings is 1. The number of anilines is 2. The molecule has 0 aliphatic carbocycles. The smallest absolute Gasteiger partial charge is 0.416 e. The predicted octanol–water partition coefficient (Wildman–Crippen LogP) is 3.42. The zero-order valence-electron chi connectivity index (χ0n) is 21.7. The van der Waals surface area contributed by atoms with Gasteiger partial charge >= 0.3 is 6.18 Å². The molecule has 1 amide bonds. The van der Waals surface area contributed by atoms with Crippen molar-refractivity contribution in [3.63, 3.8) is 0 Å². The van der Waals surface area contributed by atoms with Crippen LogP contribution in [0.25, 0.3) is 0 Å². The van der Waals surface area contributed by atoms with Crippen LogP contribution >= 0.6 is 0 Å². The molecule has 2 unspecified atom stereocenters. The van der Waals surface area contributed by atoms with Crippen molar-refractivity contribution in [1.29, 1.82) is 0 Å². The maximum Gasteiger partial charge on any atom is 0.416 e. The van der Waals surface area contributed by atoms with E-state index in [-0.39, 0.29) is 18.4 Å². The van der Waals surface area contributed by atoms with E-state index in [4.69, 9.17) is 9.47 Å². The molecule has 206 valence electrons. The minimum Gasteiger partial charge on any atom is -0.497 e. The Morgan fingerprint density at radius 1 is 1.08 bits per heavy atom. The van der Waals surface area contributed by atoms with Gasteiger partial charge in [0.15, 0.2) is 0 Å². The Bertz CT molecular complexity index is 1110. The Morgan fingerprint density at radius 3 is 2.55 bits per heavy atom. The van der Waals surface area contributed by atoms with Crippen LogP contribution in [0, 0.1) is 5.92 Å². The van der Waals surface area contributed by atoms with Crippen molar-refractivity contribution in [1.82, 2.24) is 10.2 Å². The van der Waals surface area contributed by atoms with E-state index in [0.29, 0.717) is 31.7 Å². The average molecular weight is 533 g/mol. The van der Waals surface area contributed by atoms with Crippen molar-refractivity contribution in [2.45, 2.75) is 25.1 Å². The van der Waals surface area contributed by atoms with Crippen LogP contribution in [0.2, 0.25) is 0 Å². The third-order valence-corrected chi connectivity index (χ3v) is 7.87. The van der Waals surface area contributed by atoms with Gasteiger partial charge in [-0.25, -0.2) is 0 Å². The van der Waals surface area contributed by atoms with E-state index in [9.17, 15) is 18.0 Å². The highest BCUT2D eigenvalue weighted by Gasteiger charge is 2.42. The van der Waals surface area contributed by atoms with Gasteiger partial charge in [-0.1, -0.05) is 0 Å². The zero-order chi connectivity index (χ0) is 26.7. The van der Waals surface area contributed by atoms with Crippen LogP contribution in [-0.4, -0.2) is 83.0 Å². The second kappa shape index (κ2) is 11.4. The summed E-state index contributed by atoms with van der Waals surface area (Å²) in [5, 5.41) is 3.09. The lowest BCUT2D eigenvalue weighted by Crippen LogP contribution is -2.61. The van der Waals surface area contributed by atoms with Crippen molar-refractivity contribution in [3.05, 3.63) is 53.6 Å². The van der Waals surface area contributed by atoms with Crippen LogP contribution in [0.5, 0.6) is 5.75 Å². The number of methoxy groups -OCH3 is 1. The highest BCUT2D eigenvalue weighted by molar-refractivity contribution is 5.82. The van der Waals surface area contributed by atoms with E-state index in [1.807, 2.05) is 24.3 Å². The Labute approximate surface area is 221 Å². The van der Waals surface area contributed by atoms with E-state index in [1.54, 1.807) is 13.2 Å². The molecule has 1 N–H and O–H groups in total. The third kappa shape index (κ3) is 5.86. The molecule has 2 saturated heterocycles. The van der Waals surface area contributed by atoms with Gasteiger partial charge in [0, 0.05) is 50.6 Å². The van der Waals surface area contributed by atoms with E-state index in [2.05, 4.69) is 20.0 Å². The lowest BCUT2D eigenvalue weighted by molar-refractivity contribution is -0.137. The third-order valence-electron chi connectivity index (χ3n) is 7.87. The maximum absolute atomic E-state index is 13.5. The van der Waals surface area contributed by atoms with E-state index in [1.165, 1.54) is 6.07 Å². The molecule has 3 heterocycles. The number of ether oxygens (including phenoxy) is 2. The number of nitrogens with zero attached hydrogens (tertiary/aromatic N) is 3. The van der Waals surface area contributed by atoms with Crippen molar-refractivity contribution in [2.75, 3.05) is 75.9 Å². The lowest BCUT2D eigenvalue weighted by Gasteiger charge is -2.49. The minimum atomic E-state index is -4.42. The van der Waals surface area contributed by atoms with Gasteiger partial charge in [0.25, 0.3) is 0 Å². The summed E-state index contributed by atoms with van der Waals surface area (Å²) in [5.41, 5.74) is 1.75. The standard InChI is InChI=1S/C28H35F3N4O3/c1-37-23-6-4-22(5-7-23)34-11-12-35-25-8-3-21(28(29,30)31)17-20(25)18-24(26(35)19-34)27(36)32-9-2-10-33-13-15-38-16-14-33/h3-8,17,24,26H,2,9-16,18-19H2,1H3,(H,32,36). The molecule has 5 rings (SSSR count). The first-order valence-corrected chi connectivity index (χ1v) is 13.3. The predicted molar refractivity (Wildman–Crippen MR) is 140 cm³/mol. The largest absolute Gasteiger partial charge is 0.497 e. The maximum atomic E-state index is 13.5. The SMILES string of the molecule is COc1ccc(N2CCN3c4ccc(C(F)(F)F)cc4CC(C(=O)NCCCN4CCOCC4)C3C2)cc1. The van der Waals surface area contributed by atoms with Crippen molar-refractivity contribution in [3.8, 4) is 5.75 Å². The first-order valence-electron chi connectivity index (χ1n) is 13.3. The number of benzene rings is 2. The molecule has 2 aromatic rings.